The monoisotopic (exact) mass is 199 g/mol. The van der Waals surface area contributed by atoms with Gasteiger partial charge in [-0.25, -0.2) is 0 Å². The molecule has 0 aromatic heterocycles. The van der Waals surface area contributed by atoms with Crippen LogP contribution in [0.5, 0.6) is 0 Å². The Morgan fingerprint density at radius 1 is 1.00 bits per heavy atom. The van der Waals surface area contributed by atoms with Gasteiger partial charge in [0.25, 0.3) is 9.20 Å². The van der Waals surface area contributed by atoms with Gasteiger partial charge in [0.05, 0.1) is 0 Å². The minimum Gasteiger partial charge on any atom is -0.406 e. The molecule has 0 radical (unpaired) electrons. The summed E-state index contributed by atoms with van der Waals surface area (Å²) in [6.07, 6.45) is 9.79. The fourth-order valence-electron chi connectivity index (χ4n) is 2.40. The van der Waals surface area contributed by atoms with Crippen LogP contribution in [0.15, 0.2) is 0 Å². The molecule has 1 saturated carbocycles. The Bertz CT molecular complexity index is 126. The molecule has 0 bridgehead atoms. The van der Waals surface area contributed by atoms with Crippen LogP contribution < -0.4 is 4.98 Å². The molecule has 0 spiro atoms. The van der Waals surface area contributed by atoms with E-state index < -0.39 is 9.20 Å². The molecule has 0 amide bonds. The van der Waals surface area contributed by atoms with Gasteiger partial charge in [0.2, 0.25) is 0 Å². The summed E-state index contributed by atoms with van der Waals surface area (Å²) >= 11 is 0. The maximum atomic E-state index is 5.81. The zero-order valence-electron chi connectivity index (χ0n) is 8.43. The quantitative estimate of drug-likeness (QED) is 0.686. The second-order valence-corrected chi connectivity index (χ2v) is 6.58. The molecule has 1 heterocycles. The highest BCUT2D eigenvalue weighted by molar-refractivity contribution is 6.49. The summed E-state index contributed by atoms with van der Waals surface area (Å²) in [4.78, 5) is 3.77. The third-order valence-corrected chi connectivity index (χ3v) is 5.62. The van der Waals surface area contributed by atoms with Crippen LogP contribution in [0.1, 0.15) is 44.9 Å². The minimum absolute atomic E-state index is 0.809. The summed E-state index contributed by atoms with van der Waals surface area (Å²) in [5, 5.41) is 0. The molecular weight excluding hydrogens is 178 g/mol. The molecular formula is C10H21NOSi. The third-order valence-electron chi connectivity index (χ3n) is 3.21. The largest absolute Gasteiger partial charge is 0.406 e. The van der Waals surface area contributed by atoms with Gasteiger partial charge in [0, 0.05) is 12.6 Å². The molecule has 1 unspecified atom stereocenters. The van der Waals surface area contributed by atoms with Crippen molar-refractivity contribution in [1.82, 2.24) is 4.98 Å². The first-order valence-electron chi connectivity index (χ1n) is 5.83. The summed E-state index contributed by atoms with van der Waals surface area (Å²) in [6, 6.07) is 2.17. The molecule has 2 fully saturated rings. The van der Waals surface area contributed by atoms with Crippen molar-refractivity contribution in [3.8, 4) is 0 Å². The third kappa shape index (κ3) is 3.08. The van der Waals surface area contributed by atoms with Crippen molar-refractivity contribution in [2.75, 3.05) is 6.61 Å². The molecule has 2 nitrogen and oxygen atoms in total. The normalized spacial score (nSPS) is 31.8. The van der Waals surface area contributed by atoms with E-state index in [0.717, 1.165) is 12.6 Å². The number of hydrogen-bond donors (Lipinski definition) is 1. The summed E-state index contributed by atoms with van der Waals surface area (Å²) in [6.45, 7) is 1.02. The molecule has 1 saturated heterocycles. The van der Waals surface area contributed by atoms with Gasteiger partial charge in [-0.15, -0.1) is 0 Å². The summed E-state index contributed by atoms with van der Waals surface area (Å²) < 4.78 is 5.81. The molecule has 1 aliphatic heterocycles. The Hall–Kier alpha value is 0.137. The lowest BCUT2D eigenvalue weighted by atomic mass is 9.96. The van der Waals surface area contributed by atoms with Crippen molar-refractivity contribution < 1.29 is 4.43 Å². The van der Waals surface area contributed by atoms with Crippen LogP contribution in [0.25, 0.3) is 0 Å². The van der Waals surface area contributed by atoms with Gasteiger partial charge in [0.15, 0.2) is 0 Å². The van der Waals surface area contributed by atoms with E-state index in [1.54, 1.807) is 0 Å². The molecule has 2 aliphatic rings. The first-order chi connectivity index (χ1) is 6.45. The first kappa shape index (κ1) is 9.68. The highest BCUT2D eigenvalue weighted by atomic mass is 28.3. The molecule has 0 aromatic carbocycles. The van der Waals surface area contributed by atoms with Crippen LogP contribution in [0.2, 0.25) is 6.04 Å². The number of nitrogens with one attached hydrogen (secondary N) is 1. The van der Waals surface area contributed by atoms with Crippen molar-refractivity contribution >= 4 is 9.20 Å². The van der Waals surface area contributed by atoms with Crippen LogP contribution >= 0.6 is 0 Å². The minimum atomic E-state index is -0.949. The highest BCUT2D eigenvalue weighted by Crippen LogP contribution is 2.19. The fourth-order valence-corrected chi connectivity index (χ4v) is 4.80. The lowest BCUT2D eigenvalue weighted by Crippen LogP contribution is -2.46. The lowest BCUT2D eigenvalue weighted by molar-refractivity contribution is 0.268. The van der Waals surface area contributed by atoms with E-state index in [9.17, 15) is 0 Å². The predicted octanol–water partition coefficient (Wildman–Crippen LogP) is 1.94. The number of hydrogen-bond acceptors (Lipinski definition) is 2. The second kappa shape index (κ2) is 5.13. The average Bonchev–Trinajstić information content (AvgIpc) is 2.21. The molecule has 2 rings (SSSR count). The Kier molecular flexibility index (Phi) is 3.82. The average molecular weight is 199 g/mol. The smallest absolute Gasteiger partial charge is 0.252 e. The van der Waals surface area contributed by atoms with Gasteiger partial charge in [-0.3, -0.25) is 0 Å². The van der Waals surface area contributed by atoms with Gasteiger partial charge in [0.1, 0.15) is 0 Å². The maximum Gasteiger partial charge on any atom is 0.252 e. The highest BCUT2D eigenvalue weighted by Gasteiger charge is 2.21. The van der Waals surface area contributed by atoms with Crippen molar-refractivity contribution in [3.63, 3.8) is 0 Å². The summed E-state index contributed by atoms with van der Waals surface area (Å²) in [5.41, 5.74) is 0. The molecule has 1 N–H and O–H groups in total. The van der Waals surface area contributed by atoms with E-state index in [-0.39, 0.29) is 0 Å². The Labute approximate surface area is 82.9 Å². The Balaban J connectivity index is 1.69. The predicted molar refractivity (Wildman–Crippen MR) is 57.2 cm³/mol. The maximum absolute atomic E-state index is 5.81. The van der Waals surface area contributed by atoms with Crippen molar-refractivity contribution in [3.05, 3.63) is 0 Å². The van der Waals surface area contributed by atoms with Crippen LogP contribution in [0.4, 0.5) is 0 Å². The van der Waals surface area contributed by atoms with Gasteiger partial charge < -0.3 is 9.41 Å². The zero-order chi connectivity index (χ0) is 8.93. The molecule has 1 aliphatic carbocycles. The number of rotatable bonds is 2. The topological polar surface area (TPSA) is 21.3 Å². The van der Waals surface area contributed by atoms with Gasteiger partial charge in [-0.1, -0.05) is 25.7 Å². The molecule has 13 heavy (non-hydrogen) atoms. The van der Waals surface area contributed by atoms with Crippen molar-refractivity contribution in [1.29, 1.82) is 0 Å². The van der Waals surface area contributed by atoms with E-state index in [0.29, 0.717) is 0 Å². The van der Waals surface area contributed by atoms with Crippen LogP contribution in [-0.2, 0) is 4.43 Å². The molecule has 3 heteroatoms. The first-order valence-corrected chi connectivity index (χ1v) is 7.69. The fraction of sp³-hybridized carbons (Fsp3) is 1.00. The van der Waals surface area contributed by atoms with Gasteiger partial charge in [-0.05, 0) is 25.3 Å². The van der Waals surface area contributed by atoms with Gasteiger partial charge >= 0.3 is 0 Å². The van der Waals surface area contributed by atoms with Crippen LogP contribution in [0, 0.1) is 0 Å². The molecule has 76 valence electrons. The van der Waals surface area contributed by atoms with Crippen molar-refractivity contribution in [2.45, 2.75) is 57.0 Å². The summed E-state index contributed by atoms with van der Waals surface area (Å²) in [5.74, 6) is 0. The zero-order valence-corrected chi connectivity index (χ0v) is 9.58. The second-order valence-electron chi connectivity index (χ2n) is 4.36. The van der Waals surface area contributed by atoms with E-state index in [2.05, 4.69) is 4.98 Å². The standard InChI is InChI=1S/C10H21NOSi/c1-2-6-10(7-3-1)11-13-9-5-4-8-12-13/h10-11,13H,1-9H2. The van der Waals surface area contributed by atoms with Crippen LogP contribution in [0.3, 0.4) is 0 Å². The molecule has 1 atom stereocenters. The van der Waals surface area contributed by atoms with E-state index in [1.165, 1.54) is 51.0 Å². The SMILES string of the molecule is C1CCC(N[SiH]2CCCCO2)CC1. The van der Waals surface area contributed by atoms with Crippen LogP contribution in [-0.4, -0.2) is 21.9 Å². The van der Waals surface area contributed by atoms with E-state index in [1.807, 2.05) is 0 Å². The van der Waals surface area contributed by atoms with E-state index >= 15 is 0 Å². The van der Waals surface area contributed by atoms with Crippen molar-refractivity contribution in [2.24, 2.45) is 0 Å². The molecule has 0 aromatic rings. The lowest BCUT2D eigenvalue weighted by Gasteiger charge is -2.29. The summed E-state index contributed by atoms with van der Waals surface area (Å²) in [7, 11) is -0.949. The van der Waals surface area contributed by atoms with Gasteiger partial charge in [-0.2, -0.15) is 0 Å². The Morgan fingerprint density at radius 3 is 2.54 bits per heavy atom. The Morgan fingerprint density at radius 2 is 1.85 bits per heavy atom. The van der Waals surface area contributed by atoms with E-state index in [4.69, 9.17) is 4.43 Å².